The molecule has 0 aliphatic carbocycles. The maximum Gasteiger partial charge on any atom is 0.373 e. The molecule has 0 unspecified atom stereocenters. The van der Waals surface area contributed by atoms with Crippen molar-refractivity contribution < 1.29 is 14.6 Å². The minimum atomic E-state index is -1.11. The quantitative estimate of drug-likeness (QED) is 0.926. The molecule has 1 aliphatic rings. The van der Waals surface area contributed by atoms with E-state index in [0.29, 0.717) is 12.4 Å². The van der Waals surface area contributed by atoms with Gasteiger partial charge in [0.25, 0.3) is 0 Å². The number of hydrogen-bond donors (Lipinski definition) is 1. The molecule has 0 saturated carbocycles. The van der Waals surface area contributed by atoms with Crippen LogP contribution in [0.2, 0.25) is 0 Å². The number of pyridine rings is 1. The Balaban J connectivity index is 1.97. The molecule has 1 N–H and O–H groups in total. The number of aliphatic carboxylic acids is 1. The highest BCUT2D eigenvalue weighted by Crippen LogP contribution is 2.32. The van der Waals surface area contributed by atoms with Gasteiger partial charge in [-0.05, 0) is 17.7 Å². The van der Waals surface area contributed by atoms with Gasteiger partial charge in [-0.15, -0.1) is 0 Å². The number of carboxylic acids is 1. The largest absolute Gasteiger partial charge is 0.475 e. The lowest BCUT2D eigenvalue weighted by molar-refractivity contribution is -0.135. The zero-order chi connectivity index (χ0) is 13.9. The molecule has 5 nitrogen and oxygen atoms in total. The molecule has 0 saturated heterocycles. The molecule has 5 heteroatoms. The molecule has 100 valence electrons. The number of nitrogens with zero attached hydrogens (tertiary/aromatic N) is 2. The van der Waals surface area contributed by atoms with Crippen molar-refractivity contribution in [3.05, 3.63) is 66.2 Å². The van der Waals surface area contributed by atoms with E-state index < -0.39 is 5.97 Å². The molecule has 0 spiro atoms. The summed E-state index contributed by atoms with van der Waals surface area (Å²) in [7, 11) is 0. The van der Waals surface area contributed by atoms with Crippen LogP contribution in [0.1, 0.15) is 5.56 Å². The van der Waals surface area contributed by atoms with E-state index in [9.17, 15) is 4.79 Å². The summed E-state index contributed by atoms with van der Waals surface area (Å²) in [6, 6.07) is 13.4. The smallest absolute Gasteiger partial charge is 0.373 e. The number of hydrogen-bond acceptors (Lipinski definition) is 4. The van der Waals surface area contributed by atoms with Crippen LogP contribution in [0.3, 0.4) is 0 Å². The first-order valence-corrected chi connectivity index (χ1v) is 6.12. The van der Waals surface area contributed by atoms with Crippen LogP contribution in [0.25, 0.3) is 0 Å². The van der Waals surface area contributed by atoms with E-state index in [-0.39, 0.29) is 5.76 Å². The Labute approximate surface area is 115 Å². The molecule has 0 radical (unpaired) electrons. The second kappa shape index (κ2) is 5.05. The zero-order valence-corrected chi connectivity index (χ0v) is 10.6. The fourth-order valence-corrected chi connectivity index (χ4v) is 2.03. The van der Waals surface area contributed by atoms with Crippen LogP contribution in [0.15, 0.2) is 60.6 Å². The third-order valence-electron chi connectivity index (χ3n) is 2.95. The Morgan fingerprint density at radius 1 is 1.20 bits per heavy atom. The summed E-state index contributed by atoms with van der Waals surface area (Å²) in [5, 5.41) is 9.10. The van der Waals surface area contributed by atoms with Gasteiger partial charge in [0.2, 0.25) is 11.6 Å². The molecule has 1 aromatic heterocycles. The van der Waals surface area contributed by atoms with E-state index in [1.807, 2.05) is 41.3 Å². The third-order valence-corrected chi connectivity index (χ3v) is 2.95. The summed E-state index contributed by atoms with van der Waals surface area (Å²) >= 11 is 0. The van der Waals surface area contributed by atoms with Crippen LogP contribution in [-0.4, -0.2) is 16.1 Å². The average molecular weight is 268 g/mol. The Morgan fingerprint density at radius 3 is 2.75 bits per heavy atom. The predicted octanol–water partition coefficient (Wildman–Crippen LogP) is 2.41. The normalized spacial score (nSPS) is 13.2. The van der Waals surface area contributed by atoms with Crippen LogP contribution in [0, 0.1) is 0 Å². The molecular weight excluding hydrogens is 256 g/mol. The Bertz CT molecular complexity index is 668. The van der Waals surface area contributed by atoms with Crippen molar-refractivity contribution in [3.63, 3.8) is 0 Å². The van der Waals surface area contributed by atoms with E-state index in [4.69, 9.17) is 9.84 Å². The second-order valence-electron chi connectivity index (χ2n) is 4.34. The van der Waals surface area contributed by atoms with Gasteiger partial charge in [0, 0.05) is 12.7 Å². The van der Waals surface area contributed by atoms with Crippen LogP contribution >= 0.6 is 0 Å². The summed E-state index contributed by atoms with van der Waals surface area (Å²) in [6.07, 6.45) is 3.06. The summed E-state index contributed by atoms with van der Waals surface area (Å²) in [5.41, 5.74) is 1.83. The van der Waals surface area contributed by atoms with Crippen LogP contribution in [0.5, 0.6) is 5.88 Å². The molecule has 3 rings (SSSR count). The number of rotatable bonds is 3. The summed E-state index contributed by atoms with van der Waals surface area (Å²) in [6.45, 7) is 0.555. The lowest BCUT2D eigenvalue weighted by Gasteiger charge is -2.26. The zero-order valence-electron chi connectivity index (χ0n) is 10.6. The molecule has 0 bridgehead atoms. The fraction of sp³-hybridized carbons (Fsp3) is 0.0667. The maximum atomic E-state index is 11.1. The summed E-state index contributed by atoms with van der Waals surface area (Å²) < 4.78 is 5.27. The molecule has 1 aliphatic heterocycles. The molecule has 20 heavy (non-hydrogen) atoms. The predicted molar refractivity (Wildman–Crippen MR) is 73.2 cm³/mol. The molecule has 1 aromatic carbocycles. The fourth-order valence-electron chi connectivity index (χ4n) is 2.03. The number of benzene rings is 1. The summed E-state index contributed by atoms with van der Waals surface area (Å²) in [5.74, 6) is -0.935. The molecule has 2 heterocycles. The molecule has 0 amide bonds. The third kappa shape index (κ3) is 2.33. The Hall–Kier alpha value is -2.82. The Kier molecular flexibility index (Phi) is 3.09. The van der Waals surface area contributed by atoms with Gasteiger partial charge in [-0.2, -0.15) is 0 Å². The number of anilines is 1. The topological polar surface area (TPSA) is 62.7 Å². The first-order valence-electron chi connectivity index (χ1n) is 6.12. The highest BCUT2D eigenvalue weighted by Gasteiger charge is 2.23. The van der Waals surface area contributed by atoms with E-state index in [2.05, 4.69) is 4.98 Å². The number of aromatic nitrogens is 1. The van der Waals surface area contributed by atoms with Crippen LogP contribution in [-0.2, 0) is 11.3 Å². The van der Waals surface area contributed by atoms with Gasteiger partial charge in [0.1, 0.15) is 5.69 Å². The number of carbonyl (C=O) groups is 1. The van der Waals surface area contributed by atoms with Gasteiger partial charge in [-0.3, -0.25) is 0 Å². The molecule has 0 atom stereocenters. The van der Waals surface area contributed by atoms with E-state index >= 15 is 0 Å². The van der Waals surface area contributed by atoms with Crippen molar-refractivity contribution in [1.29, 1.82) is 0 Å². The monoisotopic (exact) mass is 268 g/mol. The lowest BCUT2D eigenvalue weighted by Crippen LogP contribution is -2.25. The van der Waals surface area contributed by atoms with E-state index in [1.54, 1.807) is 12.3 Å². The average Bonchev–Trinajstić information content (AvgIpc) is 2.48. The first kappa shape index (κ1) is 12.2. The lowest BCUT2D eigenvalue weighted by atomic mass is 10.2. The second-order valence-corrected chi connectivity index (χ2v) is 4.34. The highest BCUT2D eigenvalue weighted by atomic mass is 16.5. The molecule has 0 fully saturated rings. The highest BCUT2D eigenvalue weighted by molar-refractivity contribution is 5.86. The number of ether oxygens (including phenoxy) is 1. The SMILES string of the molecule is O=C(O)C1=CN(Cc2ccccc2)c2cccnc2O1. The minimum Gasteiger partial charge on any atom is -0.475 e. The van der Waals surface area contributed by atoms with Crippen molar-refractivity contribution in [2.45, 2.75) is 6.54 Å². The minimum absolute atomic E-state index is 0.132. The van der Waals surface area contributed by atoms with Crippen molar-refractivity contribution in [2.24, 2.45) is 0 Å². The van der Waals surface area contributed by atoms with Gasteiger partial charge in [-0.25, -0.2) is 9.78 Å². The van der Waals surface area contributed by atoms with E-state index in [1.165, 1.54) is 6.20 Å². The van der Waals surface area contributed by atoms with Gasteiger partial charge in [0.05, 0.1) is 6.20 Å². The first-order chi connectivity index (χ1) is 9.74. The molecule has 2 aromatic rings. The van der Waals surface area contributed by atoms with Crippen LogP contribution < -0.4 is 9.64 Å². The van der Waals surface area contributed by atoms with Gasteiger partial charge in [-0.1, -0.05) is 30.3 Å². The molecular formula is C15H12N2O3. The van der Waals surface area contributed by atoms with Gasteiger partial charge in [0.15, 0.2) is 0 Å². The van der Waals surface area contributed by atoms with Crippen molar-refractivity contribution in [3.8, 4) is 5.88 Å². The van der Waals surface area contributed by atoms with Gasteiger partial charge >= 0.3 is 5.97 Å². The number of carboxylic acid groups (broad SMARTS) is 1. The number of fused-ring (bicyclic) bond motifs is 1. The van der Waals surface area contributed by atoms with Crippen molar-refractivity contribution in [1.82, 2.24) is 4.98 Å². The van der Waals surface area contributed by atoms with E-state index in [0.717, 1.165) is 11.3 Å². The van der Waals surface area contributed by atoms with Crippen molar-refractivity contribution in [2.75, 3.05) is 4.90 Å². The standard InChI is InChI=1S/C15H12N2O3/c18-15(19)13-10-17(9-11-5-2-1-3-6-11)12-7-4-8-16-14(12)20-13/h1-8,10H,9H2,(H,18,19). The summed E-state index contributed by atoms with van der Waals surface area (Å²) in [4.78, 5) is 17.0. The maximum absolute atomic E-state index is 11.1. The van der Waals surface area contributed by atoms with Gasteiger partial charge < -0.3 is 14.7 Å². The van der Waals surface area contributed by atoms with Crippen molar-refractivity contribution >= 4 is 11.7 Å². The van der Waals surface area contributed by atoms with Crippen LogP contribution in [0.4, 0.5) is 5.69 Å². The Morgan fingerprint density at radius 2 is 2.00 bits per heavy atom.